The average molecular weight is 390 g/mol. The van der Waals surface area contributed by atoms with Gasteiger partial charge in [0, 0.05) is 30.7 Å². The number of H-pyrrole nitrogens is 1. The van der Waals surface area contributed by atoms with Crippen molar-refractivity contribution in [2.24, 2.45) is 5.41 Å². The Bertz CT molecular complexity index is 1060. The van der Waals surface area contributed by atoms with E-state index in [-0.39, 0.29) is 18.6 Å². The molecule has 1 N–H and O–H groups in total. The predicted molar refractivity (Wildman–Crippen MR) is 108 cm³/mol. The predicted octanol–water partition coefficient (Wildman–Crippen LogP) is 3.33. The molecule has 1 atom stereocenters. The quantitative estimate of drug-likeness (QED) is 0.744. The lowest BCUT2D eigenvalue weighted by Crippen LogP contribution is -2.38. The molecule has 2 aliphatic rings. The van der Waals surface area contributed by atoms with Crippen molar-refractivity contribution < 1.29 is 14.3 Å². The van der Waals surface area contributed by atoms with Gasteiger partial charge in [-0.2, -0.15) is 5.10 Å². The van der Waals surface area contributed by atoms with Crippen molar-refractivity contribution in [2.45, 2.75) is 19.4 Å². The van der Waals surface area contributed by atoms with Gasteiger partial charge in [0.2, 0.25) is 5.91 Å². The van der Waals surface area contributed by atoms with E-state index in [1.807, 2.05) is 53.4 Å². The Hall–Kier alpha value is -3.35. The van der Waals surface area contributed by atoms with E-state index in [4.69, 9.17) is 4.74 Å². The third-order valence-corrected chi connectivity index (χ3v) is 6.07. The lowest BCUT2D eigenvalue weighted by Gasteiger charge is -2.23. The number of benzene rings is 2. The summed E-state index contributed by atoms with van der Waals surface area (Å²) in [6.45, 7) is 1.88. The third kappa shape index (κ3) is 3.12. The van der Waals surface area contributed by atoms with Gasteiger partial charge in [-0.25, -0.2) is 4.79 Å². The van der Waals surface area contributed by atoms with Crippen molar-refractivity contribution >= 4 is 28.6 Å². The van der Waals surface area contributed by atoms with Crippen molar-refractivity contribution in [1.82, 2.24) is 15.1 Å². The highest BCUT2D eigenvalue weighted by molar-refractivity contribution is 6.02. The second-order valence-electron chi connectivity index (χ2n) is 7.84. The largest absolute Gasteiger partial charge is 0.445 e. The van der Waals surface area contributed by atoms with Gasteiger partial charge in [0.15, 0.2) is 0 Å². The lowest BCUT2D eigenvalue weighted by molar-refractivity contribution is -0.124. The molecule has 0 radical (unpaired) electrons. The molecule has 0 bridgehead atoms. The van der Waals surface area contributed by atoms with Crippen LogP contribution in [-0.2, 0) is 16.1 Å². The molecule has 0 unspecified atom stereocenters. The molecule has 3 heterocycles. The van der Waals surface area contributed by atoms with Crippen LogP contribution in [0.2, 0.25) is 0 Å². The van der Waals surface area contributed by atoms with E-state index in [0.717, 1.165) is 28.6 Å². The summed E-state index contributed by atoms with van der Waals surface area (Å²) < 4.78 is 5.45. The Morgan fingerprint density at radius 2 is 1.97 bits per heavy atom. The maximum absolute atomic E-state index is 13.3. The van der Waals surface area contributed by atoms with Crippen LogP contribution < -0.4 is 4.90 Å². The fourth-order valence-electron chi connectivity index (χ4n) is 4.38. The fraction of sp³-hybridized carbons (Fsp3) is 0.318. The molecule has 2 fully saturated rings. The first kappa shape index (κ1) is 17.7. The molecule has 148 valence electrons. The van der Waals surface area contributed by atoms with Crippen molar-refractivity contribution in [3.05, 3.63) is 60.3 Å². The number of carbonyl (C=O) groups excluding carboxylic acids is 2. The molecule has 7 nitrogen and oxygen atoms in total. The molecule has 7 heteroatoms. The number of aromatic amines is 1. The number of amides is 2. The highest BCUT2D eigenvalue weighted by Gasteiger charge is 2.52. The number of fused-ring (bicyclic) bond motifs is 1. The first-order chi connectivity index (χ1) is 14.1. The topological polar surface area (TPSA) is 78.5 Å². The Balaban J connectivity index is 1.26. The molecule has 2 amide bonds. The number of rotatable bonds is 3. The number of nitrogens with one attached hydrogen (secondary N) is 1. The van der Waals surface area contributed by atoms with Crippen molar-refractivity contribution in [2.75, 3.05) is 24.5 Å². The van der Waals surface area contributed by atoms with Gasteiger partial charge in [-0.05, 0) is 36.6 Å². The zero-order chi connectivity index (χ0) is 19.8. The third-order valence-electron chi connectivity index (χ3n) is 6.07. The van der Waals surface area contributed by atoms with Crippen molar-refractivity contribution in [1.29, 1.82) is 0 Å². The summed E-state index contributed by atoms with van der Waals surface area (Å²) in [6.07, 6.45) is 2.83. The molecule has 0 aliphatic carbocycles. The molecule has 2 aromatic carbocycles. The van der Waals surface area contributed by atoms with Crippen LogP contribution in [0.15, 0.2) is 54.7 Å². The number of carbonyl (C=O) groups is 2. The van der Waals surface area contributed by atoms with Gasteiger partial charge in [0.25, 0.3) is 0 Å². The van der Waals surface area contributed by atoms with Crippen LogP contribution in [0.5, 0.6) is 0 Å². The molecular formula is C22H22N4O3. The number of hydrogen-bond acceptors (Lipinski definition) is 4. The van der Waals surface area contributed by atoms with Gasteiger partial charge >= 0.3 is 6.09 Å². The Labute approximate surface area is 168 Å². The standard InChI is InChI=1S/C22H22N4O3/c27-20-22(9-11-26(20)18-6-7-19-17(12-18)13-23-24-19)8-10-25(15-22)21(28)29-14-16-4-2-1-3-5-16/h1-7,12-13H,8-11,14-15H2,(H,23,24)/t22-/m0/s1. The van der Waals surface area contributed by atoms with Gasteiger partial charge in [-0.1, -0.05) is 30.3 Å². The van der Waals surface area contributed by atoms with E-state index in [9.17, 15) is 9.59 Å². The molecule has 2 saturated heterocycles. The number of aromatic nitrogens is 2. The highest BCUT2D eigenvalue weighted by atomic mass is 16.6. The summed E-state index contributed by atoms with van der Waals surface area (Å²) in [5.41, 5.74) is 2.28. The second kappa shape index (κ2) is 6.92. The molecule has 0 saturated carbocycles. The van der Waals surface area contributed by atoms with E-state index in [0.29, 0.717) is 26.1 Å². The van der Waals surface area contributed by atoms with Crippen molar-refractivity contribution in [3.63, 3.8) is 0 Å². The summed E-state index contributed by atoms with van der Waals surface area (Å²) in [5.74, 6) is 0.0960. The van der Waals surface area contributed by atoms with E-state index in [1.54, 1.807) is 11.1 Å². The fourth-order valence-corrected chi connectivity index (χ4v) is 4.38. The number of ether oxygens (including phenoxy) is 1. The molecular weight excluding hydrogens is 368 g/mol. The summed E-state index contributed by atoms with van der Waals surface area (Å²) in [6, 6.07) is 15.5. The lowest BCUT2D eigenvalue weighted by atomic mass is 9.85. The average Bonchev–Trinajstić information content (AvgIpc) is 3.47. The number of hydrogen-bond donors (Lipinski definition) is 1. The zero-order valence-electron chi connectivity index (χ0n) is 16.0. The van der Waals surface area contributed by atoms with Crippen LogP contribution in [-0.4, -0.2) is 46.7 Å². The van der Waals surface area contributed by atoms with Crippen molar-refractivity contribution in [3.8, 4) is 0 Å². The SMILES string of the molecule is O=C(OCc1ccccc1)N1CC[C@]2(CCN(c3ccc4[nH]ncc4c3)C2=O)C1. The first-order valence-corrected chi connectivity index (χ1v) is 9.85. The smallest absolute Gasteiger partial charge is 0.410 e. The van der Waals surface area contributed by atoms with E-state index in [1.165, 1.54) is 0 Å². The zero-order valence-corrected chi connectivity index (χ0v) is 16.0. The minimum Gasteiger partial charge on any atom is -0.445 e. The molecule has 2 aliphatic heterocycles. The summed E-state index contributed by atoms with van der Waals surface area (Å²) in [5, 5.41) is 7.95. The van der Waals surface area contributed by atoms with Gasteiger partial charge in [-0.3, -0.25) is 9.89 Å². The molecule has 5 rings (SSSR count). The van der Waals surface area contributed by atoms with Gasteiger partial charge in [0.05, 0.1) is 17.1 Å². The second-order valence-corrected chi connectivity index (χ2v) is 7.84. The molecule has 29 heavy (non-hydrogen) atoms. The van der Waals surface area contributed by atoms with E-state index >= 15 is 0 Å². The molecule has 1 aromatic heterocycles. The number of likely N-dealkylation sites (tertiary alicyclic amines) is 1. The number of anilines is 1. The molecule has 3 aromatic rings. The monoisotopic (exact) mass is 390 g/mol. The van der Waals surface area contributed by atoms with Crippen LogP contribution >= 0.6 is 0 Å². The first-order valence-electron chi connectivity index (χ1n) is 9.85. The normalized spacial score (nSPS) is 21.4. The Morgan fingerprint density at radius 3 is 2.83 bits per heavy atom. The van der Waals surface area contributed by atoms with Crippen LogP contribution in [0.3, 0.4) is 0 Å². The van der Waals surface area contributed by atoms with E-state index < -0.39 is 5.41 Å². The Kier molecular flexibility index (Phi) is 4.23. The van der Waals surface area contributed by atoms with E-state index in [2.05, 4.69) is 10.2 Å². The minimum absolute atomic E-state index is 0.0960. The molecule has 1 spiro atoms. The highest BCUT2D eigenvalue weighted by Crippen LogP contribution is 2.42. The van der Waals surface area contributed by atoms with Gasteiger partial charge in [-0.15, -0.1) is 0 Å². The summed E-state index contributed by atoms with van der Waals surface area (Å²) in [7, 11) is 0. The van der Waals surface area contributed by atoms with Crippen LogP contribution in [0.1, 0.15) is 18.4 Å². The summed E-state index contributed by atoms with van der Waals surface area (Å²) >= 11 is 0. The summed E-state index contributed by atoms with van der Waals surface area (Å²) in [4.78, 5) is 29.3. The van der Waals surface area contributed by atoms with Gasteiger partial charge in [0.1, 0.15) is 6.61 Å². The van der Waals surface area contributed by atoms with Gasteiger partial charge < -0.3 is 14.5 Å². The maximum Gasteiger partial charge on any atom is 0.410 e. The number of nitrogens with zero attached hydrogens (tertiary/aromatic N) is 3. The van der Waals surface area contributed by atoms with Crippen LogP contribution in [0.25, 0.3) is 10.9 Å². The van der Waals surface area contributed by atoms with Crippen LogP contribution in [0, 0.1) is 5.41 Å². The maximum atomic E-state index is 13.3. The Morgan fingerprint density at radius 1 is 1.14 bits per heavy atom. The van der Waals surface area contributed by atoms with Crippen LogP contribution in [0.4, 0.5) is 10.5 Å². The minimum atomic E-state index is -0.503.